The average molecular weight is 211 g/mol. The average Bonchev–Trinajstić information content (AvgIpc) is 2.78. The molecule has 0 saturated heterocycles. The molecule has 0 bridgehead atoms. The van der Waals surface area contributed by atoms with Gasteiger partial charge in [-0.3, -0.25) is 0 Å². The molecule has 0 unspecified atom stereocenters. The molecule has 3 nitrogen and oxygen atoms in total. The van der Waals surface area contributed by atoms with Crippen LogP contribution in [0.1, 0.15) is 31.0 Å². The number of aromatic nitrogens is 2. The fraction of sp³-hybridized carbons (Fsp3) is 0.231. The zero-order valence-electron chi connectivity index (χ0n) is 9.38. The smallest absolute Gasteiger partial charge is 0.0992 e. The number of nitriles is 1. The zero-order chi connectivity index (χ0) is 11.5. The van der Waals surface area contributed by atoms with E-state index in [0.29, 0.717) is 11.5 Å². The Balaban J connectivity index is 2.51. The van der Waals surface area contributed by atoms with Crippen LogP contribution in [0.3, 0.4) is 0 Å². The summed E-state index contributed by atoms with van der Waals surface area (Å²) in [6.45, 7) is 4.25. The van der Waals surface area contributed by atoms with Crippen LogP contribution in [0.5, 0.6) is 0 Å². The van der Waals surface area contributed by atoms with Crippen molar-refractivity contribution in [3.05, 3.63) is 47.8 Å². The Bertz CT molecular complexity index is 532. The number of benzene rings is 1. The quantitative estimate of drug-likeness (QED) is 0.766. The topological polar surface area (TPSA) is 41.6 Å². The van der Waals surface area contributed by atoms with Gasteiger partial charge < -0.3 is 0 Å². The van der Waals surface area contributed by atoms with E-state index in [1.54, 1.807) is 12.3 Å². The lowest BCUT2D eigenvalue weighted by atomic mass is 10.1. The first-order valence-corrected chi connectivity index (χ1v) is 5.27. The van der Waals surface area contributed by atoms with Crippen LogP contribution < -0.4 is 0 Å². The standard InChI is InChI=1S/C13H13N3/c1-10(2)13-6-7-15-16(13)12-5-3-4-11(8-12)9-14/h3-8,10H,1-2H3. The van der Waals surface area contributed by atoms with Gasteiger partial charge in [0.2, 0.25) is 0 Å². The molecule has 1 aromatic heterocycles. The minimum absolute atomic E-state index is 0.410. The van der Waals surface area contributed by atoms with E-state index < -0.39 is 0 Å². The molecule has 0 atom stereocenters. The Labute approximate surface area is 94.9 Å². The molecule has 1 aromatic carbocycles. The summed E-state index contributed by atoms with van der Waals surface area (Å²) in [6.07, 6.45) is 1.79. The minimum atomic E-state index is 0.410. The second-order valence-electron chi connectivity index (χ2n) is 3.98. The first-order valence-electron chi connectivity index (χ1n) is 5.27. The van der Waals surface area contributed by atoms with Crippen molar-refractivity contribution in [2.45, 2.75) is 19.8 Å². The molecule has 2 aromatic rings. The van der Waals surface area contributed by atoms with E-state index in [2.05, 4.69) is 25.0 Å². The first kappa shape index (κ1) is 10.4. The molecule has 3 heteroatoms. The van der Waals surface area contributed by atoms with Crippen LogP contribution >= 0.6 is 0 Å². The Morgan fingerprint density at radius 3 is 2.81 bits per heavy atom. The SMILES string of the molecule is CC(C)c1ccnn1-c1cccc(C#N)c1. The van der Waals surface area contributed by atoms with Gasteiger partial charge >= 0.3 is 0 Å². The van der Waals surface area contributed by atoms with E-state index in [1.165, 1.54) is 0 Å². The van der Waals surface area contributed by atoms with Gasteiger partial charge in [0.1, 0.15) is 0 Å². The van der Waals surface area contributed by atoms with Crippen molar-refractivity contribution >= 4 is 0 Å². The first-order chi connectivity index (χ1) is 7.72. The maximum absolute atomic E-state index is 8.86. The molecule has 0 spiro atoms. The lowest BCUT2D eigenvalue weighted by Gasteiger charge is -2.09. The molecule has 0 radical (unpaired) electrons. The predicted octanol–water partition coefficient (Wildman–Crippen LogP) is 2.87. The van der Waals surface area contributed by atoms with Gasteiger partial charge in [-0.15, -0.1) is 0 Å². The fourth-order valence-corrected chi connectivity index (χ4v) is 1.67. The van der Waals surface area contributed by atoms with Crippen molar-refractivity contribution in [3.8, 4) is 11.8 Å². The highest BCUT2D eigenvalue weighted by atomic mass is 15.3. The van der Waals surface area contributed by atoms with Gasteiger partial charge in [0.15, 0.2) is 0 Å². The Morgan fingerprint density at radius 2 is 2.12 bits per heavy atom. The maximum Gasteiger partial charge on any atom is 0.0992 e. The normalized spacial score (nSPS) is 10.4. The van der Waals surface area contributed by atoms with Crippen LogP contribution in [0.2, 0.25) is 0 Å². The lowest BCUT2D eigenvalue weighted by Crippen LogP contribution is -2.03. The van der Waals surface area contributed by atoms with Crippen LogP contribution in [0.4, 0.5) is 0 Å². The Hall–Kier alpha value is -2.08. The number of nitrogens with zero attached hydrogens (tertiary/aromatic N) is 3. The molecule has 0 aliphatic heterocycles. The molecular formula is C13H13N3. The molecule has 0 saturated carbocycles. The Kier molecular flexibility index (Phi) is 2.74. The maximum atomic E-state index is 8.86. The van der Waals surface area contributed by atoms with Gasteiger partial charge in [-0.2, -0.15) is 10.4 Å². The van der Waals surface area contributed by atoms with Crippen molar-refractivity contribution in [2.75, 3.05) is 0 Å². The predicted molar refractivity (Wildman–Crippen MR) is 62.4 cm³/mol. The third kappa shape index (κ3) is 1.82. The molecule has 16 heavy (non-hydrogen) atoms. The molecule has 80 valence electrons. The van der Waals surface area contributed by atoms with Crippen molar-refractivity contribution in [3.63, 3.8) is 0 Å². The molecule has 0 N–H and O–H groups in total. The largest absolute Gasteiger partial charge is 0.238 e. The van der Waals surface area contributed by atoms with Gasteiger partial charge in [0, 0.05) is 11.9 Å². The molecule has 0 amide bonds. The van der Waals surface area contributed by atoms with E-state index >= 15 is 0 Å². The summed E-state index contributed by atoms with van der Waals surface area (Å²) in [5, 5.41) is 13.1. The number of hydrogen-bond donors (Lipinski definition) is 0. The van der Waals surface area contributed by atoms with Gasteiger partial charge in [-0.05, 0) is 30.2 Å². The highest BCUT2D eigenvalue weighted by Gasteiger charge is 2.08. The molecule has 2 rings (SSSR count). The monoisotopic (exact) mass is 211 g/mol. The third-order valence-corrected chi connectivity index (χ3v) is 2.48. The van der Waals surface area contributed by atoms with Gasteiger partial charge in [-0.25, -0.2) is 4.68 Å². The van der Waals surface area contributed by atoms with E-state index in [0.717, 1.165) is 11.4 Å². The van der Waals surface area contributed by atoms with Crippen molar-refractivity contribution in [1.82, 2.24) is 9.78 Å². The highest BCUT2D eigenvalue weighted by Crippen LogP contribution is 2.18. The zero-order valence-corrected chi connectivity index (χ0v) is 9.38. The fourth-order valence-electron chi connectivity index (χ4n) is 1.67. The summed E-state index contributed by atoms with van der Waals surface area (Å²) in [5.74, 6) is 0.410. The lowest BCUT2D eigenvalue weighted by molar-refractivity contribution is 0.734. The van der Waals surface area contributed by atoms with Crippen LogP contribution in [-0.4, -0.2) is 9.78 Å². The van der Waals surface area contributed by atoms with E-state index in [1.807, 2.05) is 28.9 Å². The highest BCUT2D eigenvalue weighted by molar-refractivity contribution is 5.41. The molecular weight excluding hydrogens is 198 g/mol. The van der Waals surface area contributed by atoms with Crippen molar-refractivity contribution < 1.29 is 0 Å². The van der Waals surface area contributed by atoms with Gasteiger partial charge in [0.25, 0.3) is 0 Å². The van der Waals surface area contributed by atoms with Gasteiger partial charge in [-0.1, -0.05) is 19.9 Å². The summed E-state index contributed by atoms with van der Waals surface area (Å²) in [5.41, 5.74) is 2.74. The minimum Gasteiger partial charge on any atom is -0.238 e. The second kappa shape index (κ2) is 4.19. The third-order valence-electron chi connectivity index (χ3n) is 2.48. The molecule has 0 fully saturated rings. The van der Waals surface area contributed by atoms with E-state index in [9.17, 15) is 0 Å². The van der Waals surface area contributed by atoms with E-state index in [-0.39, 0.29) is 0 Å². The number of rotatable bonds is 2. The summed E-state index contributed by atoms with van der Waals surface area (Å²) < 4.78 is 1.88. The van der Waals surface area contributed by atoms with Crippen molar-refractivity contribution in [2.24, 2.45) is 0 Å². The molecule has 0 aliphatic carbocycles. The van der Waals surface area contributed by atoms with Crippen LogP contribution in [-0.2, 0) is 0 Å². The molecule has 0 aliphatic rings. The molecule has 1 heterocycles. The van der Waals surface area contributed by atoms with Crippen LogP contribution in [0.25, 0.3) is 5.69 Å². The van der Waals surface area contributed by atoms with E-state index in [4.69, 9.17) is 5.26 Å². The second-order valence-corrected chi connectivity index (χ2v) is 3.98. The summed E-state index contributed by atoms with van der Waals surface area (Å²) in [4.78, 5) is 0. The van der Waals surface area contributed by atoms with Crippen molar-refractivity contribution in [1.29, 1.82) is 5.26 Å². The summed E-state index contributed by atoms with van der Waals surface area (Å²) >= 11 is 0. The Morgan fingerprint density at radius 1 is 1.31 bits per heavy atom. The van der Waals surface area contributed by atoms with Crippen LogP contribution in [0.15, 0.2) is 36.5 Å². The van der Waals surface area contributed by atoms with Crippen LogP contribution in [0, 0.1) is 11.3 Å². The summed E-state index contributed by atoms with van der Waals surface area (Å²) in [7, 11) is 0. The number of hydrogen-bond acceptors (Lipinski definition) is 2. The summed E-state index contributed by atoms with van der Waals surface area (Å²) in [6, 6.07) is 11.6. The van der Waals surface area contributed by atoms with Gasteiger partial charge in [0.05, 0.1) is 17.3 Å².